The lowest BCUT2D eigenvalue weighted by Gasteiger charge is -2.15. The monoisotopic (exact) mass is 349 g/mol. The first-order chi connectivity index (χ1) is 9.78. The van der Waals surface area contributed by atoms with Crippen LogP contribution in [0.3, 0.4) is 0 Å². The summed E-state index contributed by atoms with van der Waals surface area (Å²) in [5.74, 6) is -0.123. The van der Waals surface area contributed by atoms with Crippen molar-refractivity contribution in [3.05, 3.63) is 23.8 Å². The van der Waals surface area contributed by atoms with Gasteiger partial charge in [0.05, 0.1) is 4.90 Å². The SMILES string of the molecule is CNCCCC(=O)Nc1ccc(C)c(S(=O)(=O)N(C)C)c1.Cl. The Balaban J connectivity index is 0.00000441. The number of hydrogen-bond acceptors (Lipinski definition) is 4. The van der Waals surface area contributed by atoms with E-state index in [2.05, 4.69) is 10.6 Å². The molecule has 0 aromatic heterocycles. The van der Waals surface area contributed by atoms with Crippen molar-refractivity contribution in [2.24, 2.45) is 0 Å². The maximum atomic E-state index is 12.2. The highest BCUT2D eigenvalue weighted by Crippen LogP contribution is 2.22. The van der Waals surface area contributed by atoms with Gasteiger partial charge in [-0.2, -0.15) is 0 Å². The van der Waals surface area contributed by atoms with E-state index in [1.54, 1.807) is 19.1 Å². The number of carbonyl (C=O) groups is 1. The van der Waals surface area contributed by atoms with Crippen LogP contribution >= 0.6 is 12.4 Å². The van der Waals surface area contributed by atoms with Crippen molar-refractivity contribution in [3.63, 3.8) is 0 Å². The average molecular weight is 350 g/mol. The Morgan fingerprint density at radius 3 is 2.45 bits per heavy atom. The summed E-state index contributed by atoms with van der Waals surface area (Å²) in [6.45, 7) is 2.50. The number of anilines is 1. The number of rotatable bonds is 7. The number of amides is 1. The standard InChI is InChI=1S/C14H23N3O3S.ClH/c1-11-7-8-12(16-14(18)6-5-9-15-2)10-13(11)21(19,20)17(3)4;/h7-8,10,15H,5-6,9H2,1-4H3,(H,16,18);1H. The Hall–Kier alpha value is -1.15. The molecule has 0 fully saturated rings. The molecule has 0 spiro atoms. The van der Waals surface area contributed by atoms with Crippen LogP contribution in [0.1, 0.15) is 18.4 Å². The van der Waals surface area contributed by atoms with Crippen LogP contribution in [0, 0.1) is 6.92 Å². The normalized spacial score (nSPS) is 11.1. The van der Waals surface area contributed by atoms with E-state index >= 15 is 0 Å². The molecule has 8 heteroatoms. The first kappa shape index (κ1) is 20.9. The van der Waals surface area contributed by atoms with E-state index in [4.69, 9.17) is 0 Å². The van der Waals surface area contributed by atoms with Crippen LogP contribution in [-0.2, 0) is 14.8 Å². The molecule has 6 nitrogen and oxygen atoms in total. The highest BCUT2D eigenvalue weighted by Gasteiger charge is 2.20. The molecule has 0 unspecified atom stereocenters. The van der Waals surface area contributed by atoms with Crippen molar-refractivity contribution in [2.45, 2.75) is 24.7 Å². The molecule has 0 heterocycles. The van der Waals surface area contributed by atoms with Crippen molar-refractivity contribution in [3.8, 4) is 0 Å². The summed E-state index contributed by atoms with van der Waals surface area (Å²) in [6, 6.07) is 4.90. The minimum absolute atomic E-state index is 0. The summed E-state index contributed by atoms with van der Waals surface area (Å²) in [7, 11) is 1.28. The number of benzene rings is 1. The van der Waals surface area contributed by atoms with Crippen molar-refractivity contribution in [1.29, 1.82) is 0 Å². The predicted molar refractivity (Wildman–Crippen MR) is 91.1 cm³/mol. The van der Waals surface area contributed by atoms with Crippen molar-refractivity contribution in [1.82, 2.24) is 9.62 Å². The lowest BCUT2D eigenvalue weighted by molar-refractivity contribution is -0.116. The third-order valence-electron chi connectivity index (χ3n) is 3.06. The quantitative estimate of drug-likeness (QED) is 0.733. The maximum absolute atomic E-state index is 12.2. The maximum Gasteiger partial charge on any atom is 0.242 e. The van der Waals surface area contributed by atoms with Gasteiger partial charge in [-0.1, -0.05) is 6.07 Å². The van der Waals surface area contributed by atoms with Gasteiger partial charge in [-0.15, -0.1) is 12.4 Å². The number of nitrogens with one attached hydrogen (secondary N) is 2. The molecule has 0 aliphatic carbocycles. The molecule has 1 rings (SSSR count). The summed E-state index contributed by atoms with van der Waals surface area (Å²) < 4.78 is 25.6. The fraction of sp³-hybridized carbons (Fsp3) is 0.500. The Labute approximate surface area is 138 Å². The Morgan fingerprint density at radius 1 is 1.27 bits per heavy atom. The summed E-state index contributed by atoms with van der Waals surface area (Å²) in [5.41, 5.74) is 1.15. The second-order valence-electron chi connectivity index (χ2n) is 5.02. The van der Waals surface area contributed by atoms with E-state index in [9.17, 15) is 13.2 Å². The predicted octanol–water partition coefficient (Wildman–Crippen LogP) is 1.61. The van der Waals surface area contributed by atoms with E-state index in [0.29, 0.717) is 17.7 Å². The molecule has 1 aromatic carbocycles. The second kappa shape index (κ2) is 9.09. The molecular weight excluding hydrogens is 326 g/mol. The zero-order valence-electron chi connectivity index (χ0n) is 13.3. The van der Waals surface area contributed by atoms with Crippen LogP contribution < -0.4 is 10.6 Å². The lowest BCUT2D eigenvalue weighted by Crippen LogP contribution is -2.23. The molecule has 0 radical (unpaired) electrons. The fourth-order valence-electron chi connectivity index (χ4n) is 1.80. The molecule has 0 saturated carbocycles. The van der Waals surface area contributed by atoms with E-state index in [1.807, 2.05) is 7.05 Å². The van der Waals surface area contributed by atoms with Crippen LogP contribution in [0.15, 0.2) is 23.1 Å². The van der Waals surface area contributed by atoms with E-state index in [0.717, 1.165) is 17.3 Å². The topological polar surface area (TPSA) is 78.5 Å². The minimum atomic E-state index is -3.51. The van der Waals surface area contributed by atoms with Gasteiger partial charge in [0.25, 0.3) is 0 Å². The Morgan fingerprint density at radius 2 is 1.91 bits per heavy atom. The molecule has 126 valence electrons. The number of sulfonamides is 1. The molecule has 2 N–H and O–H groups in total. The van der Waals surface area contributed by atoms with Crippen LogP contribution in [0.5, 0.6) is 0 Å². The highest BCUT2D eigenvalue weighted by molar-refractivity contribution is 7.89. The van der Waals surface area contributed by atoms with E-state index in [-0.39, 0.29) is 23.2 Å². The second-order valence-corrected chi connectivity index (χ2v) is 7.14. The molecule has 22 heavy (non-hydrogen) atoms. The van der Waals surface area contributed by atoms with Crippen molar-refractivity contribution in [2.75, 3.05) is 33.0 Å². The molecule has 0 aliphatic heterocycles. The van der Waals surface area contributed by atoms with Gasteiger partial charge >= 0.3 is 0 Å². The summed E-state index contributed by atoms with van der Waals surface area (Å²) in [5, 5.41) is 5.70. The molecular formula is C14H24ClN3O3S. The van der Waals surface area contributed by atoms with Gasteiger partial charge in [0.1, 0.15) is 0 Å². The van der Waals surface area contributed by atoms with Crippen LogP contribution in [0.2, 0.25) is 0 Å². The number of nitrogens with zero attached hydrogens (tertiary/aromatic N) is 1. The van der Waals surface area contributed by atoms with Crippen LogP contribution in [-0.4, -0.2) is 46.3 Å². The van der Waals surface area contributed by atoms with Crippen molar-refractivity contribution >= 4 is 34.0 Å². The molecule has 0 atom stereocenters. The summed E-state index contributed by atoms with van der Waals surface area (Å²) in [4.78, 5) is 12.0. The zero-order chi connectivity index (χ0) is 16.0. The molecule has 1 aromatic rings. The van der Waals surface area contributed by atoms with Gasteiger partial charge in [-0.25, -0.2) is 12.7 Å². The highest BCUT2D eigenvalue weighted by atomic mass is 35.5. The lowest BCUT2D eigenvalue weighted by atomic mass is 10.2. The third-order valence-corrected chi connectivity index (χ3v) is 5.02. The molecule has 0 bridgehead atoms. The van der Waals surface area contributed by atoms with Gasteiger partial charge in [0.15, 0.2) is 0 Å². The Kier molecular flexibility index (Phi) is 8.62. The third kappa shape index (κ3) is 5.57. The van der Waals surface area contributed by atoms with Gasteiger partial charge in [0, 0.05) is 26.2 Å². The fourth-order valence-corrected chi connectivity index (χ4v) is 2.95. The van der Waals surface area contributed by atoms with E-state index in [1.165, 1.54) is 20.2 Å². The smallest absolute Gasteiger partial charge is 0.242 e. The minimum Gasteiger partial charge on any atom is -0.326 e. The van der Waals surface area contributed by atoms with Crippen molar-refractivity contribution < 1.29 is 13.2 Å². The van der Waals surface area contributed by atoms with Gasteiger partial charge in [-0.05, 0) is 44.6 Å². The van der Waals surface area contributed by atoms with Gasteiger partial charge in [-0.3, -0.25) is 4.79 Å². The summed E-state index contributed by atoms with van der Waals surface area (Å²) in [6.07, 6.45) is 1.13. The zero-order valence-corrected chi connectivity index (χ0v) is 15.0. The summed E-state index contributed by atoms with van der Waals surface area (Å²) >= 11 is 0. The molecule has 0 saturated heterocycles. The average Bonchev–Trinajstić information content (AvgIpc) is 2.41. The van der Waals surface area contributed by atoms with Gasteiger partial charge in [0.2, 0.25) is 15.9 Å². The van der Waals surface area contributed by atoms with Crippen LogP contribution in [0.4, 0.5) is 5.69 Å². The molecule has 0 aliphatic rings. The number of carbonyl (C=O) groups excluding carboxylic acids is 1. The van der Waals surface area contributed by atoms with Crippen LogP contribution in [0.25, 0.3) is 0 Å². The van der Waals surface area contributed by atoms with Gasteiger partial charge < -0.3 is 10.6 Å². The number of halogens is 1. The number of aryl methyl sites for hydroxylation is 1. The Bertz CT molecular complexity index is 603. The number of hydrogen-bond donors (Lipinski definition) is 2. The largest absolute Gasteiger partial charge is 0.326 e. The first-order valence-corrected chi connectivity index (χ1v) is 8.20. The van der Waals surface area contributed by atoms with E-state index < -0.39 is 10.0 Å². The molecule has 1 amide bonds. The first-order valence-electron chi connectivity index (χ1n) is 6.76.